The van der Waals surface area contributed by atoms with Crippen molar-refractivity contribution >= 4 is 6.09 Å². The predicted octanol–water partition coefficient (Wildman–Crippen LogP) is 2.91. The van der Waals surface area contributed by atoms with Crippen LogP contribution >= 0.6 is 0 Å². The van der Waals surface area contributed by atoms with Crippen molar-refractivity contribution in [3.8, 4) is 0 Å². The molecule has 0 fully saturated rings. The van der Waals surface area contributed by atoms with Gasteiger partial charge in [0.2, 0.25) is 0 Å². The summed E-state index contributed by atoms with van der Waals surface area (Å²) in [6.45, 7) is -0.787. The number of nitrogens with zero attached hydrogens (tertiary/aromatic N) is 1. The largest absolute Gasteiger partial charge is 0.445 e. The van der Waals surface area contributed by atoms with Gasteiger partial charge < -0.3 is 9.84 Å². The van der Waals surface area contributed by atoms with Crippen LogP contribution in [0.4, 0.5) is 4.79 Å². The predicted molar refractivity (Wildman–Crippen MR) is 83.3 cm³/mol. The van der Waals surface area contributed by atoms with Gasteiger partial charge in [-0.15, -0.1) is 0 Å². The zero-order valence-corrected chi connectivity index (χ0v) is 12.2. The Morgan fingerprint density at radius 3 is 2.73 bits per heavy atom. The molecule has 2 aromatic carbocycles. The van der Waals surface area contributed by atoms with E-state index < -0.39 is 18.7 Å². The monoisotopic (exact) mass is 298 g/mol. The number of hydrogen-bond donors (Lipinski definition) is 1. The summed E-state index contributed by atoms with van der Waals surface area (Å²) in [5.74, 6) is 0. The molecule has 1 amide bonds. The fraction of sp³-hybridized carbons (Fsp3) is 0.278. The van der Waals surface area contributed by atoms with Gasteiger partial charge in [-0.1, -0.05) is 54.6 Å². The Labute approximate surface area is 131 Å². The Hall–Kier alpha value is -2.33. The van der Waals surface area contributed by atoms with Crippen molar-refractivity contribution in [1.29, 1.82) is 0 Å². The molecule has 1 N–H and O–H groups in total. The summed E-state index contributed by atoms with van der Waals surface area (Å²) in [6, 6.07) is 16.4. The molecule has 0 bridgehead atoms. The van der Waals surface area contributed by atoms with Crippen LogP contribution < -0.4 is 0 Å². The lowest BCUT2D eigenvalue weighted by Crippen LogP contribution is -2.41. The third-order valence-corrected chi connectivity index (χ3v) is 3.91. The second-order valence-electron chi connectivity index (χ2n) is 5.28. The van der Waals surface area contributed by atoms with Crippen molar-refractivity contribution in [2.45, 2.75) is 19.1 Å². The second kappa shape index (κ2) is 6.62. The molecule has 2 aromatic rings. The van der Waals surface area contributed by atoms with Gasteiger partial charge in [0.1, 0.15) is 6.61 Å². The van der Waals surface area contributed by atoms with E-state index in [-0.39, 0.29) is 6.61 Å². The lowest BCUT2D eigenvalue weighted by Gasteiger charge is -2.35. The van der Waals surface area contributed by atoms with E-state index in [4.69, 9.17) is 6.11 Å². The molecule has 114 valence electrons. The fourth-order valence-electron chi connectivity index (χ4n) is 2.77. The normalized spacial score (nSPS) is 19.0. The maximum absolute atomic E-state index is 12.4. The zero-order chi connectivity index (χ0) is 16.2. The minimum Gasteiger partial charge on any atom is -0.445 e. The third kappa shape index (κ3) is 2.97. The summed E-state index contributed by atoms with van der Waals surface area (Å²) < 4.78 is 13.1. The van der Waals surface area contributed by atoms with E-state index >= 15 is 0 Å². The van der Waals surface area contributed by atoms with Gasteiger partial charge in [0.25, 0.3) is 0 Å². The van der Waals surface area contributed by atoms with Gasteiger partial charge >= 0.3 is 6.09 Å². The number of benzene rings is 2. The number of carbonyl (C=O) groups is 1. The van der Waals surface area contributed by atoms with Crippen molar-refractivity contribution in [3.05, 3.63) is 71.3 Å². The first-order valence-electron chi connectivity index (χ1n) is 7.90. The molecule has 0 saturated heterocycles. The highest BCUT2D eigenvalue weighted by Crippen LogP contribution is 2.29. The van der Waals surface area contributed by atoms with Crippen molar-refractivity contribution in [2.24, 2.45) is 0 Å². The van der Waals surface area contributed by atoms with Crippen LogP contribution in [0.15, 0.2) is 54.6 Å². The number of hydrogen-bond acceptors (Lipinski definition) is 3. The average molecular weight is 298 g/mol. The molecule has 0 aromatic heterocycles. The molecule has 0 saturated carbocycles. The number of carbonyl (C=O) groups excluding carboxylic acids is 1. The van der Waals surface area contributed by atoms with Crippen molar-refractivity contribution in [1.82, 2.24) is 4.90 Å². The summed E-state index contributed by atoms with van der Waals surface area (Å²) in [7, 11) is 0. The van der Waals surface area contributed by atoms with Crippen molar-refractivity contribution < 1.29 is 16.0 Å². The molecule has 4 nitrogen and oxygen atoms in total. The zero-order valence-electron chi connectivity index (χ0n) is 13.2. The van der Waals surface area contributed by atoms with Crippen molar-refractivity contribution in [2.75, 3.05) is 13.1 Å². The second-order valence-corrected chi connectivity index (χ2v) is 5.28. The molecule has 22 heavy (non-hydrogen) atoms. The molecular formula is C18H19NO3. The lowest BCUT2D eigenvalue weighted by molar-refractivity contribution is 0.0603. The summed E-state index contributed by atoms with van der Waals surface area (Å²) in [6.07, 6.45) is 0.194. The van der Waals surface area contributed by atoms with Crippen LogP contribution in [0.5, 0.6) is 0 Å². The van der Waals surface area contributed by atoms with Gasteiger partial charge in [-0.3, -0.25) is 4.90 Å². The van der Waals surface area contributed by atoms with Crippen LogP contribution in [-0.4, -0.2) is 29.2 Å². The SMILES string of the molecule is [2H]C(O)C1c2ccccc2CCN1C(=O)OCc1ccccc1. The Morgan fingerprint density at radius 1 is 1.23 bits per heavy atom. The van der Waals surface area contributed by atoms with E-state index in [1.165, 1.54) is 4.90 Å². The topological polar surface area (TPSA) is 49.8 Å². The van der Waals surface area contributed by atoms with Crippen LogP contribution in [0.1, 0.15) is 24.1 Å². The molecule has 4 heteroatoms. The van der Waals surface area contributed by atoms with Gasteiger partial charge in [0.05, 0.1) is 14.0 Å². The Kier molecular flexibility index (Phi) is 4.02. The standard InChI is InChI=1S/C18H19NO3/c20-12-17-16-9-5-4-8-15(16)10-11-19(17)18(21)22-13-14-6-2-1-3-7-14/h1-9,17,20H,10-13H2/i12D. The first-order chi connectivity index (χ1) is 11.2. The molecule has 0 spiro atoms. The Balaban J connectivity index is 1.75. The number of rotatable bonds is 3. The lowest BCUT2D eigenvalue weighted by atomic mass is 9.93. The van der Waals surface area contributed by atoms with Gasteiger partial charge in [0.15, 0.2) is 0 Å². The smallest absolute Gasteiger partial charge is 0.410 e. The van der Waals surface area contributed by atoms with Crippen LogP contribution in [-0.2, 0) is 17.8 Å². The van der Waals surface area contributed by atoms with Crippen molar-refractivity contribution in [3.63, 3.8) is 0 Å². The minimum absolute atomic E-state index is 0.179. The van der Waals surface area contributed by atoms with Gasteiger partial charge in [0, 0.05) is 6.54 Å². The molecule has 3 rings (SSSR count). The number of aliphatic hydroxyl groups is 1. The third-order valence-electron chi connectivity index (χ3n) is 3.91. The Morgan fingerprint density at radius 2 is 1.95 bits per heavy atom. The molecule has 1 aliphatic heterocycles. The maximum atomic E-state index is 12.4. The summed E-state index contributed by atoms with van der Waals surface area (Å²) in [5.41, 5.74) is 2.79. The van der Waals surface area contributed by atoms with E-state index in [0.717, 1.165) is 16.7 Å². The first-order valence-corrected chi connectivity index (χ1v) is 7.32. The molecular weight excluding hydrogens is 278 g/mol. The Bertz CT molecular complexity index is 675. The molecule has 0 radical (unpaired) electrons. The minimum atomic E-state index is -1.40. The quantitative estimate of drug-likeness (QED) is 0.948. The molecule has 1 aliphatic rings. The molecule has 2 atom stereocenters. The van der Waals surface area contributed by atoms with Gasteiger partial charge in [-0.05, 0) is 23.1 Å². The van der Waals surface area contributed by atoms with E-state index in [1.54, 1.807) is 0 Å². The molecule has 1 heterocycles. The maximum Gasteiger partial charge on any atom is 0.410 e. The summed E-state index contributed by atoms with van der Waals surface area (Å²) >= 11 is 0. The average Bonchev–Trinajstić information content (AvgIpc) is 2.59. The first kappa shape index (κ1) is 13.3. The summed E-state index contributed by atoms with van der Waals surface area (Å²) in [5, 5.41) is 9.85. The van der Waals surface area contributed by atoms with Gasteiger partial charge in [-0.25, -0.2) is 4.79 Å². The highest BCUT2D eigenvalue weighted by molar-refractivity contribution is 5.69. The number of ether oxygens (including phenoxy) is 1. The van der Waals surface area contributed by atoms with Crippen LogP contribution in [0.3, 0.4) is 0 Å². The van der Waals surface area contributed by atoms with Crippen LogP contribution in [0, 0.1) is 0 Å². The summed E-state index contributed by atoms with van der Waals surface area (Å²) in [4.78, 5) is 13.9. The highest BCUT2D eigenvalue weighted by atomic mass is 16.6. The number of amides is 1. The van der Waals surface area contributed by atoms with Crippen LogP contribution in [0.25, 0.3) is 0 Å². The molecule has 2 unspecified atom stereocenters. The van der Waals surface area contributed by atoms with E-state index in [0.29, 0.717) is 13.0 Å². The number of fused-ring (bicyclic) bond motifs is 1. The van der Waals surface area contributed by atoms with E-state index in [9.17, 15) is 9.90 Å². The fourth-order valence-corrected chi connectivity index (χ4v) is 2.77. The van der Waals surface area contributed by atoms with Gasteiger partial charge in [-0.2, -0.15) is 0 Å². The van der Waals surface area contributed by atoms with Crippen LogP contribution in [0.2, 0.25) is 0 Å². The van der Waals surface area contributed by atoms with E-state index in [2.05, 4.69) is 0 Å². The van der Waals surface area contributed by atoms with E-state index in [1.807, 2.05) is 54.6 Å². The molecule has 0 aliphatic carbocycles. The highest BCUT2D eigenvalue weighted by Gasteiger charge is 2.31. The number of aliphatic hydroxyl groups excluding tert-OH is 1.